The normalized spacial score (nSPS) is 17.8. The molecular weight excluding hydrogens is 279 g/mol. The SMILES string of the molecule is O=S(=O)(c1ccc(F)cc1)N1CCCNCC1.[Cl-]. The Balaban J connectivity index is 0.00000162. The molecule has 2 rings (SSSR count). The zero-order chi connectivity index (χ0) is 12.3. The van der Waals surface area contributed by atoms with Crippen LogP contribution in [0.25, 0.3) is 0 Å². The molecule has 0 saturated carbocycles. The Kier molecular flexibility index (Phi) is 5.52. The maximum absolute atomic E-state index is 12.8. The highest BCUT2D eigenvalue weighted by atomic mass is 35.5. The van der Waals surface area contributed by atoms with Gasteiger partial charge in [-0.15, -0.1) is 0 Å². The first-order chi connectivity index (χ1) is 8.10. The molecule has 7 heteroatoms. The minimum atomic E-state index is -3.48. The van der Waals surface area contributed by atoms with E-state index >= 15 is 0 Å². The molecular formula is C11H15ClFN2O2S-. The van der Waals surface area contributed by atoms with E-state index in [2.05, 4.69) is 5.32 Å². The van der Waals surface area contributed by atoms with Crippen LogP contribution in [0.2, 0.25) is 0 Å². The second kappa shape index (κ2) is 6.47. The van der Waals surface area contributed by atoms with Crippen molar-refractivity contribution in [3.8, 4) is 0 Å². The molecule has 0 radical (unpaired) electrons. The van der Waals surface area contributed by atoms with Crippen LogP contribution < -0.4 is 17.7 Å². The van der Waals surface area contributed by atoms with Gasteiger partial charge in [0.25, 0.3) is 0 Å². The first-order valence-corrected chi connectivity index (χ1v) is 7.01. The van der Waals surface area contributed by atoms with E-state index in [1.165, 1.54) is 28.6 Å². The lowest BCUT2D eigenvalue weighted by atomic mass is 10.4. The lowest BCUT2D eigenvalue weighted by Gasteiger charge is -2.19. The van der Waals surface area contributed by atoms with E-state index in [0.717, 1.165) is 13.0 Å². The Morgan fingerprint density at radius 2 is 1.78 bits per heavy atom. The first-order valence-electron chi connectivity index (χ1n) is 5.57. The summed E-state index contributed by atoms with van der Waals surface area (Å²) in [6, 6.07) is 4.96. The average molecular weight is 294 g/mol. The number of nitrogens with one attached hydrogen (secondary N) is 1. The number of hydrogen-bond donors (Lipinski definition) is 1. The molecule has 1 saturated heterocycles. The summed E-state index contributed by atoms with van der Waals surface area (Å²) in [6.07, 6.45) is 0.792. The summed E-state index contributed by atoms with van der Waals surface area (Å²) in [7, 11) is -3.48. The summed E-state index contributed by atoms with van der Waals surface area (Å²) < 4.78 is 38.7. The molecule has 102 valence electrons. The summed E-state index contributed by atoms with van der Waals surface area (Å²) in [5.41, 5.74) is 0. The number of nitrogens with zero attached hydrogens (tertiary/aromatic N) is 1. The van der Waals surface area contributed by atoms with Gasteiger partial charge < -0.3 is 17.7 Å². The van der Waals surface area contributed by atoms with Gasteiger partial charge in [0.15, 0.2) is 0 Å². The van der Waals surface area contributed by atoms with E-state index in [4.69, 9.17) is 0 Å². The molecule has 0 aromatic heterocycles. The van der Waals surface area contributed by atoms with Crippen LogP contribution in [0.3, 0.4) is 0 Å². The van der Waals surface area contributed by atoms with Crippen LogP contribution in [0.15, 0.2) is 29.2 Å². The van der Waals surface area contributed by atoms with Crippen LogP contribution in [0.5, 0.6) is 0 Å². The summed E-state index contributed by atoms with van der Waals surface area (Å²) in [5, 5.41) is 3.14. The van der Waals surface area contributed by atoms with Gasteiger partial charge in [-0.3, -0.25) is 0 Å². The van der Waals surface area contributed by atoms with Crippen molar-refractivity contribution >= 4 is 10.0 Å². The lowest BCUT2D eigenvalue weighted by molar-refractivity contribution is -0.00000671. The zero-order valence-corrected chi connectivity index (χ0v) is 11.3. The van der Waals surface area contributed by atoms with Gasteiger partial charge in [-0.2, -0.15) is 4.31 Å². The number of rotatable bonds is 2. The number of sulfonamides is 1. The first kappa shape index (κ1) is 15.4. The van der Waals surface area contributed by atoms with Crippen molar-refractivity contribution in [3.63, 3.8) is 0 Å². The fraction of sp³-hybridized carbons (Fsp3) is 0.455. The van der Waals surface area contributed by atoms with Crippen LogP contribution in [0, 0.1) is 5.82 Å². The third-order valence-electron chi connectivity index (χ3n) is 2.75. The fourth-order valence-corrected chi connectivity index (χ4v) is 3.30. The van der Waals surface area contributed by atoms with E-state index in [0.29, 0.717) is 19.6 Å². The molecule has 0 aliphatic carbocycles. The number of hydrogen-bond acceptors (Lipinski definition) is 3. The molecule has 18 heavy (non-hydrogen) atoms. The highest BCUT2D eigenvalue weighted by Crippen LogP contribution is 2.16. The largest absolute Gasteiger partial charge is 1.00 e. The van der Waals surface area contributed by atoms with Crippen molar-refractivity contribution in [2.45, 2.75) is 11.3 Å². The molecule has 0 bridgehead atoms. The van der Waals surface area contributed by atoms with Gasteiger partial charge in [0.2, 0.25) is 10.0 Å². The van der Waals surface area contributed by atoms with Gasteiger partial charge in [-0.05, 0) is 37.2 Å². The molecule has 1 aliphatic rings. The Labute approximate surface area is 113 Å². The van der Waals surface area contributed by atoms with E-state index in [-0.39, 0.29) is 17.3 Å². The van der Waals surface area contributed by atoms with E-state index in [1.54, 1.807) is 0 Å². The predicted octanol–water partition coefficient (Wildman–Crippen LogP) is -2.19. The molecule has 1 heterocycles. The van der Waals surface area contributed by atoms with E-state index in [1.807, 2.05) is 0 Å². The topological polar surface area (TPSA) is 49.4 Å². The standard InChI is InChI=1S/C11H15FN2O2S.ClH/c12-10-2-4-11(5-3-10)17(15,16)14-8-1-6-13-7-9-14;/h2-5,13H,1,6-9H2;1H/p-1. The molecule has 0 spiro atoms. The molecule has 1 aromatic rings. The minimum Gasteiger partial charge on any atom is -1.00 e. The second-order valence-electron chi connectivity index (χ2n) is 3.96. The van der Waals surface area contributed by atoms with Gasteiger partial charge in [0.1, 0.15) is 5.82 Å². The Hall–Kier alpha value is -0.690. The molecule has 0 atom stereocenters. The predicted molar refractivity (Wildman–Crippen MR) is 62.6 cm³/mol. The Morgan fingerprint density at radius 3 is 2.44 bits per heavy atom. The molecule has 1 aromatic carbocycles. The smallest absolute Gasteiger partial charge is 0.243 e. The lowest BCUT2D eigenvalue weighted by Crippen LogP contribution is -3.00. The Bertz CT molecular complexity index is 470. The van der Waals surface area contributed by atoms with Gasteiger partial charge in [0, 0.05) is 19.6 Å². The van der Waals surface area contributed by atoms with Crippen molar-refractivity contribution < 1.29 is 25.2 Å². The van der Waals surface area contributed by atoms with E-state index in [9.17, 15) is 12.8 Å². The van der Waals surface area contributed by atoms with Crippen molar-refractivity contribution in [3.05, 3.63) is 30.1 Å². The van der Waals surface area contributed by atoms with Crippen LogP contribution in [0.1, 0.15) is 6.42 Å². The third-order valence-corrected chi connectivity index (χ3v) is 4.66. The molecule has 1 fully saturated rings. The van der Waals surface area contributed by atoms with Crippen LogP contribution >= 0.6 is 0 Å². The van der Waals surface area contributed by atoms with Gasteiger partial charge in [0.05, 0.1) is 4.90 Å². The maximum atomic E-state index is 12.8. The fourth-order valence-electron chi connectivity index (χ4n) is 1.82. The number of benzene rings is 1. The summed E-state index contributed by atoms with van der Waals surface area (Å²) in [5.74, 6) is -0.429. The molecule has 1 aliphatic heterocycles. The quantitative estimate of drug-likeness (QED) is 0.674. The molecule has 1 N–H and O–H groups in total. The van der Waals surface area contributed by atoms with E-state index < -0.39 is 15.8 Å². The van der Waals surface area contributed by atoms with Crippen LogP contribution in [-0.4, -0.2) is 38.9 Å². The van der Waals surface area contributed by atoms with Crippen LogP contribution in [0.4, 0.5) is 4.39 Å². The van der Waals surface area contributed by atoms with Crippen molar-refractivity contribution in [1.29, 1.82) is 0 Å². The molecule has 0 unspecified atom stereocenters. The van der Waals surface area contributed by atoms with Crippen molar-refractivity contribution in [2.24, 2.45) is 0 Å². The summed E-state index contributed by atoms with van der Waals surface area (Å²) >= 11 is 0. The zero-order valence-electron chi connectivity index (χ0n) is 9.77. The van der Waals surface area contributed by atoms with Gasteiger partial charge in [-0.1, -0.05) is 0 Å². The minimum absolute atomic E-state index is 0. The summed E-state index contributed by atoms with van der Waals surface area (Å²) in [4.78, 5) is 0.154. The third kappa shape index (κ3) is 3.41. The maximum Gasteiger partial charge on any atom is 0.243 e. The second-order valence-corrected chi connectivity index (χ2v) is 5.90. The van der Waals surface area contributed by atoms with Gasteiger partial charge in [-0.25, -0.2) is 12.8 Å². The van der Waals surface area contributed by atoms with Crippen molar-refractivity contribution in [1.82, 2.24) is 9.62 Å². The Morgan fingerprint density at radius 1 is 1.11 bits per heavy atom. The monoisotopic (exact) mass is 293 g/mol. The highest BCUT2D eigenvalue weighted by molar-refractivity contribution is 7.89. The average Bonchev–Trinajstić information content (AvgIpc) is 2.58. The van der Waals surface area contributed by atoms with Crippen LogP contribution in [-0.2, 0) is 10.0 Å². The summed E-state index contributed by atoms with van der Waals surface area (Å²) in [6.45, 7) is 2.45. The highest BCUT2D eigenvalue weighted by Gasteiger charge is 2.24. The van der Waals surface area contributed by atoms with Crippen molar-refractivity contribution in [2.75, 3.05) is 26.2 Å². The molecule has 0 amide bonds. The van der Waals surface area contributed by atoms with Gasteiger partial charge >= 0.3 is 0 Å². The number of halogens is 2. The molecule has 4 nitrogen and oxygen atoms in total.